The fourth-order valence-electron chi connectivity index (χ4n) is 3.57. The molecule has 1 saturated carbocycles. The number of benzene rings is 1. The minimum absolute atomic E-state index is 0.0616. The fraction of sp³-hybridized carbons (Fsp3) is 0.667. The van der Waals surface area contributed by atoms with Gasteiger partial charge in [-0.05, 0) is 49.6 Å². The highest BCUT2D eigenvalue weighted by atomic mass is 16.6. The van der Waals surface area contributed by atoms with Crippen LogP contribution in [0.5, 0.6) is 0 Å². The van der Waals surface area contributed by atoms with E-state index in [0.717, 1.165) is 18.3 Å². The zero-order chi connectivity index (χ0) is 16.1. The lowest BCUT2D eigenvalue weighted by molar-refractivity contribution is -0.0376. The summed E-state index contributed by atoms with van der Waals surface area (Å²) in [5.74, 6) is 0.658. The predicted octanol–water partition coefficient (Wildman–Crippen LogP) is 2.51. The first kappa shape index (κ1) is 17.0. The molecule has 4 nitrogen and oxygen atoms in total. The Kier molecular flexibility index (Phi) is 6.11. The van der Waals surface area contributed by atoms with Crippen molar-refractivity contribution >= 4 is 12.6 Å². The summed E-state index contributed by atoms with van der Waals surface area (Å²) in [7, 11) is 1.56. The number of ether oxygens (including phenoxy) is 2. The maximum Gasteiger partial charge on any atom is 0.494 e. The van der Waals surface area contributed by atoms with Crippen LogP contribution < -0.4 is 5.46 Å². The van der Waals surface area contributed by atoms with Gasteiger partial charge in [0.15, 0.2) is 0 Å². The Hall–Kier alpha value is -0.875. The molecule has 1 saturated heterocycles. The van der Waals surface area contributed by atoms with Crippen molar-refractivity contribution in [2.75, 3.05) is 26.9 Å². The number of rotatable bonds is 5. The van der Waals surface area contributed by atoms with E-state index >= 15 is 0 Å². The van der Waals surface area contributed by atoms with Gasteiger partial charge in [-0.1, -0.05) is 24.3 Å². The molecule has 0 atom stereocenters. The van der Waals surface area contributed by atoms with E-state index in [1.807, 2.05) is 14.0 Å². The van der Waals surface area contributed by atoms with Crippen LogP contribution in [0, 0.1) is 0 Å². The first-order valence-electron chi connectivity index (χ1n) is 8.77. The molecule has 0 bridgehead atoms. The van der Waals surface area contributed by atoms with E-state index in [9.17, 15) is 0 Å². The summed E-state index contributed by atoms with van der Waals surface area (Å²) < 4.78 is 22.5. The Morgan fingerprint density at radius 1 is 1.00 bits per heavy atom. The summed E-state index contributed by atoms with van der Waals surface area (Å²) in [5, 5.41) is 0. The van der Waals surface area contributed by atoms with E-state index in [2.05, 4.69) is 24.3 Å². The van der Waals surface area contributed by atoms with Crippen molar-refractivity contribution in [1.82, 2.24) is 0 Å². The molecule has 0 unspecified atom stereocenters. The van der Waals surface area contributed by atoms with Gasteiger partial charge in [-0.25, -0.2) is 0 Å². The molecule has 0 spiro atoms. The van der Waals surface area contributed by atoms with Crippen LogP contribution in [-0.2, 0) is 18.8 Å². The van der Waals surface area contributed by atoms with Gasteiger partial charge in [-0.3, -0.25) is 0 Å². The zero-order valence-electron chi connectivity index (χ0n) is 14.2. The second-order valence-corrected chi connectivity index (χ2v) is 6.45. The van der Waals surface area contributed by atoms with Crippen molar-refractivity contribution < 1.29 is 18.8 Å². The zero-order valence-corrected chi connectivity index (χ0v) is 14.2. The molecule has 0 N–H and O–H groups in total. The van der Waals surface area contributed by atoms with Crippen LogP contribution in [0.1, 0.15) is 44.1 Å². The molecule has 5 heteroatoms. The third-order valence-electron chi connectivity index (χ3n) is 4.96. The van der Waals surface area contributed by atoms with Gasteiger partial charge < -0.3 is 18.8 Å². The molecule has 2 aliphatic rings. The van der Waals surface area contributed by atoms with E-state index in [4.69, 9.17) is 18.8 Å². The average Bonchev–Trinajstić information content (AvgIpc) is 2.63. The van der Waals surface area contributed by atoms with Crippen molar-refractivity contribution in [3.05, 3.63) is 29.8 Å². The topological polar surface area (TPSA) is 36.9 Å². The van der Waals surface area contributed by atoms with E-state index in [1.165, 1.54) is 18.4 Å². The normalized spacial score (nSPS) is 26.4. The van der Waals surface area contributed by atoms with Gasteiger partial charge in [-0.15, -0.1) is 0 Å². The highest BCUT2D eigenvalue weighted by molar-refractivity contribution is 6.61. The summed E-state index contributed by atoms with van der Waals surface area (Å²) in [5.41, 5.74) is 2.51. The molecule has 0 radical (unpaired) electrons. The van der Waals surface area contributed by atoms with Crippen LogP contribution in [0.4, 0.5) is 0 Å². The Morgan fingerprint density at radius 3 is 2.22 bits per heavy atom. The van der Waals surface area contributed by atoms with Crippen molar-refractivity contribution in [3.63, 3.8) is 0 Å². The SMILES string of the molecule is CCOC1COB(c2ccc(C3CCC(OC)CC3)cc2)OC1. The third kappa shape index (κ3) is 4.35. The average molecular weight is 318 g/mol. The lowest BCUT2D eigenvalue weighted by Gasteiger charge is -2.29. The van der Waals surface area contributed by atoms with Crippen molar-refractivity contribution in [3.8, 4) is 0 Å². The van der Waals surface area contributed by atoms with Crippen LogP contribution in [-0.4, -0.2) is 46.3 Å². The molecular formula is C18H27BO4. The second-order valence-electron chi connectivity index (χ2n) is 6.45. The van der Waals surface area contributed by atoms with Gasteiger partial charge in [0, 0.05) is 13.7 Å². The predicted molar refractivity (Wildman–Crippen MR) is 91.2 cm³/mol. The number of hydrogen-bond acceptors (Lipinski definition) is 4. The molecule has 1 aromatic rings. The quantitative estimate of drug-likeness (QED) is 0.782. The van der Waals surface area contributed by atoms with Crippen LogP contribution in [0.25, 0.3) is 0 Å². The molecular weight excluding hydrogens is 291 g/mol. The maximum absolute atomic E-state index is 5.78. The molecule has 1 aliphatic carbocycles. The molecule has 3 rings (SSSR count). The Morgan fingerprint density at radius 2 is 1.65 bits per heavy atom. The van der Waals surface area contributed by atoms with Gasteiger partial charge in [0.2, 0.25) is 0 Å². The standard InChI is InChI=1S/C18H27BO4/c1-3-21-18-12-22-19(23-13-18)16-8-4-14(5-9-16)15-6-10-17(20-2)11-7-15/h4-5,8-9,15,17-18H,3,6-7,10-13H2,1-2H3. The molecule has 126 valence electrons. The lowest BCUT2D eigenvalue weighted by atomic mass is 9.76. The molecule has 0 aromatic heterocycles. The Balaban J connectivity index is 1.53. The number of methoxy groups -OCH3 is 1. The fourth-order valence-corrected chi connectivity index (χ4v) is 3.57. The first-order valence-corrected chi connectivity index (χ1v) is 8.77. The van der Waals surface area contributed by atoms with Crippen LogP contribution >= 0.6 is 0 Å². The van der Waals surface area contributed by atoms with Crippen molar-refractivity contribution in [2.45, 2.75) is 50.7 Å². The van der Waals surface area contributed by atoms with Gasteiger partial charge in [0.1, 0.15) is 6.10 Å². The second kappa shape index (κ2) is 8.29. The summed E-state index contributed by atoms with van der Waals surface area (Å²) >= 11 is 0. The highest BCUT2D eigenvalue weighted by Crippen LogP contribution is 2.33. The highest BCUT2D eigenvalue weighted by Gasteiger charge is 2.29. The summed E-state index contributed by atoms with van der Waals surface area (Å²) in [6, 6.07) is 8.75. The van der Waals surface area contributed by atoms with E-state index < -0.39 is 0 Å². The third-order valence-corrected chi connectivity index (χ3v) is 4.96. The van der Waals surface area contributed by atoms with Gasteiger partial charge in [0.25, 0.3) is 0 Å². The summed E-state index contributed by atoms with van der Waals surface area (Å²) in [6.45, 7) is 3.88. The monoisotopic (exact) mass is 318 g/mol. The van der Waals surface area contributed by atoms with Crippen LogP contribution in [0.2, 0.25) is 0 Å². The van der Waals surface area contributed by atoms with E-state index in [0.29, 0.717) is 31.8 Å². The van der Waals surface area contributed by atoms with Crippen LogP contribution in [0.15, 0.2) is 24.3 Å². The minimum atomic E-state index is -0.259. The van der Waals surface area contributed by atoms with Gasteiger partial charge in [-0.2, -0.15) is 0 Å². The molecule has 23 heavy (non-hydrogen) atoms. The Labute approximate surface area is 139 Å². The molecule has 1 aliphatic heterocycles. The van der Waals surface area contributed by atoms with E-state index in [1.54, 1.807) is 0 Å². The Bertz CT molecular complexity index is 462. The molecule has 2 fully saturated rings. The largest absolute Gasteiger partial charge is 0.494 e. The van der Waals surface area contributed by atoms with E-state index in [-0.39, 0.29) is 13.2 Å². The maximum atomic E-state index is 5.78. The van der Waals surface area contributed by atoms with Crippen LogP contribution in [0.3, 0.4) is 0 Å². The van der Waals surface area contributed by atoms with Crippen molar-refractivity contribution in [2.24, 2.45) is 0 Å². The van der Waals surface area contributed by atoms with Gasteiger partial charge >= 0.3 is 7.12 Å². The summed E-state index contributed by atoms with van der Waals surface area (Å²) in [6.07, 6.45) is 5.27. The number of hydrogen-bond donors (Lipinski definition) is 0. The van der Waals surface area contributed by atoms with Crippen molar-refractivity contribution in [1.29, 1.82) is 0 Å². The molecule has 0 amide bonds. The first-order chi connectivity index (χ1) is 11.3. The lowest BCUT2D eigenvalue weighted by Crippen LogP contribution is -2.47. The molecule has 1 aromatic carbocycles. The smallest absolute Gasteiger partial charge is 0.404 e. The minimum Gasteiger partial charge on any atom is -0.404 e. The van der Waals surface area contributed by atoms with Gasteiger partial charge in [0.05, 0.1) is 19.3 Å². The summed E-state index contributed by atoms with van der Waals surface area (Å²) in [4.78, 5) is 0. The molecule has 1 heterocycles.